The van der Waals surface area contributed by atoms with Crippen molar-refractivity contribution in [3.8, 4) is 22.5 Å². The van der Waals surface area contributed by atoms with Crippen LogP contribution in [0.2, 0.25) is 0 Å². The molecule has 2 unspecified atom stereocenters. The lowest BCUT2D eigenvalue weighted by Gasteiger charge is -2.14. The Morgan fingerprint density at radius 3 is 2.44 bits per heavy atom. The van der Waals surface area contributed by atoms with Gasteiger partial charge in [-0.05, 0) is 54.5 Å². The number of nitrogens with zero attached hydrogens (tertiary/aromatic N) is 1. The average molecular weight is 483 g/mol. The van der Waals surface area contributed by atoms with Crippen molar-refractivity contribution in [2.45, 2.75) is 38.7 Å². The summed E-state index contributed by atoms with van der Waals surface area (Å²) in [7, 11) is 0. The van der Waals surface area contributed by atoms with Crippen molar-refractivity contribution < 1.29 is 24.0 Å². The number of hydrogen-bond donors (Lipinski definition) is 2. The first-order chi connectivity index (χ1) is 17.4. The van der Waals surface area contributed by atoms with Gasteiger partial charge in [0.2, 0.25) is 0 Å². The SMILES string of the molecule is Cc1noc(-c2ccc(-c3ccc4c(c3)CCC4C(=O)O)cc2)c1NC(=O)OC(C)c1ccccc1. The minimum atomic E-state index is -0.768. The molecule has 4 aromatic rings. The molecule has 7 nitrogen and oxygen atoms in total. The molecule has 1 heterocycles. The summed E-state index contributed by atoms with van der Waals surface area (Å²) in [5.74, 6) is -0.739. The fourth-order valence-corrected chi connectivity index (χ4v) is 4.67. The number of hydrogen-bond acceptors (Lipinski definition) is 5. The van der Waals surface area contributed by atoms with Crippen LogP contribution in [0.25, 0.3) is 22.5 Å². The number of aryl methyl sites for hydroxylation is 2. The number of rotatable bonds is 6. The Hall–Kier alpha value is -4.39. The zero-order chi connectivity index (χ0) is 25.2. The predicted octanol–water partition coefficient (Wildman–Crippen LogP) is 6.74. The Labute approximate surface area is 208 Å². The second kappa shape index (κ2) is 9.70. The number of fused-ring (bicyclic) bond motifs is 1. The van der Waals surface area contributed by atoms with E-state index in [0.29, 0.717) is 23.6 Å². The van der Waals surface area contributed by atoms with Gasteiger partial charge in [-0.1, -0.05) is 78.0 Å². The van der Waals surface area contributed by atoms with Crippen LogP contribution in [-0.2, 0) is 16.0 Å². The standard InChI is InChI=1S/C29H26N2O5/c1-17-26(30-29(34)35-18(2)19-6-4-3-5-7-19)27(36-31-17)21-10-8-20(9-11-21)22-12-14-24-23(16-22)13-15-25(24)28(32)33/h3-12,14,16,18,25H,13,15H2,1-2H3,(H,30,34)(H,32,33). The lowest BCUT2D eigenvalue weighted by Crippen LogP contribution is -2.16. The minimum Gasteiger partial charge on any atom is -0.481 e. The highest BCUT2D eigenvalue weighted by atomic mass is 16.6. The van der Waals surface area contributed by atoms with Crippen LogP contribution in [0.4, 0.5) is 10.5 Å². The highest BCUT2D eigenvalue weighted by Gasteiger charge is 2.28. The first-order valence-electron chi connectivity index (χ1n) is 11.9. The Bertz CT molecular complexity index is 1410. The fourth-order valence-electron chi connectivity index (χ4n) is 4.67. The number of benzene rings is 3. The third-order valence-electron chi connectivity index (χ3n) is 6.64. The lowest BCUT2D eigenvalue weighted by molar-refractivity contribution is -0.138. The van der Waals surface area contributed by atoms with Gasteiger partial charge in [0.1, 0.15) is 17.5 Å². The molecule has 0 bridgehead atoms. The van der Waals surface area contributed by atoms with Gasteiger partial charge in [0.25, 0.3) is 0 Å². The van der Waals surface area contributed by atoms with Gasteiger partial charge in [0.15, 0.2) is 5.76 Å². The van der Waals surface area contributed by atoms with Crippen molar-refractivity contribution in [1.82, 2.24) is 5.16 Å². The van der Waals surface area contributed by atoms with Crippen LogP contribution >= 0.6 is 0 Å². The van der Waals surface area contributed by atoms with E-state index in [1.54, 1.807) is 6.92 Å². The average Bonchev–Trinajstić information content (AvgIpc) is 3.48. The maximum Gasteiger partial charge on any atom is 0.412 e. The maximum atomic E-state index is 12.6. The quantitative estimate of drug-likeness (QED) is 0.315. The Morgan fingerprint density at radius 1 is 1.03 bits per heavy atom. The number of carbonyl (C=O) groups excluding carboxylic acids is 1. The number of carboxylic acids is 1. The smallest absolute Gasteiger partial charge is 0.412 e. The molecule has 2 atom stereocenters. The molecule has 0 aliphatic heterocycles. The van der Waals surface area contributed by atoms with Gasteiger partial charge in [-0.2, -0.15) is 0 Å². The molecule has 5 rings (SSSR count). The monoisotopic (exact) mass is 482 g/mol. The second-order valence-electron chi connectivity index (χ2n) is 8.98. The molecule has 36 heavy (non-hydrogen) atoms. The van der Waals surface area contributed by atoms with E-state index in [2.05, 4.69) is 16.5 Å². The van der Waals surface area contributed by atoms with E-state index in [1.165, 1.54) is 0 Å². The van der Waals surface area contributed by atoms with Crippen molar-refractivity contribution in [2.75, 3.05) is 5.32 Å². The van der Waals surface area contributed by atoms with E-state index < -0.39 is 24.1 Å². The Kier molecular flexibility index (Phi) is 6.29. The molecule has 7 heteroatoms. The first-order valence-corrected chi connectivity index (χ1v) is 11.9. The molecule has 1 aliphatic rings. The van der Waals surface area contributed by atoms with Crippen LogP contribution < -0.4 is 5.32 Å². The highest BCUT2D eigenvalue weighted by Crippen LogP contribution is 2.37. The third-order valence-corrected chi connectivity index (χ3v) is 6.64. The molecule has 0 saturated heterocycles. The predicted molar refractivity (Wildman–Crippen MR) is 136 cm³/mol. The van der Waals surface area contributed by atoms with E-state index >= 15 is 0 Å². The summed E-state index contributed by atoms with van der Waals surface area (Å²) in [5, 5.41) is 16.2. The Morgan fingerprint density at radius 2 is 1.72 bits per heavy atom. The van der Waals surface area contributed by atoms with E-state index in [-0.39, 0.29) is 0 Å². The van der Waals surface area contributed by atoms with Crippen LogP contribution in [0, 0.1) is 6.92 Å². The van der Waals surface area contributed by atoms with Crippen molar-refractivity contribution in [2.24, 2.45) is 0 Å². The van der Waals surface area contributed by atoms with E-state index in [9.17, 15) is 14.7 Å². The van der Waals surface area contributed by atoms with Gasteiger partial charge in [-0.15, -0.1) is 0 Å². The number of aromatic nitrogens is 1. The van der Waals surface area contributed by atoms with Gasteiger partial charge in [-0.3, -0.25) is 10.1 Å². The third kappa shape index (κ3) is 4.60. The zero-order valence-electron chi connectivity index (χ0n) is 20.0. The summed E-state index contributed by atoms with van der Waals surface area (Å²) in [6.45, 7) is 3.57. The van der Waals surface area contributed by atoms with Crippen molar-refractivity contribution >= 4 is 17.7 Å². The van der Waals surface area contributed by atoms with E-state index in [1.807, 2.05) is 73.7 Å². The van der Waals surface area contributed by atoms with Crippen molar-refractivity contribution in [3.63, 3.8) is 0 Å². The van der Waals surface area contributed by atoms with E-state index in [0.717, 1.165) is 39.8 Å². The fraction of sp³-hybridized carbons (Fsp3) is 0.207. The Balaban J connectivity index is 1.32. The number of ether oxygens (including phenoxy) is 1. The lowest BCUT2D eigenvalue weighted by atomic mass is 9.96. The van der Waals surface area contributed by atoms with Gasteiger partial charge < -0.3 is 14.4 Å². The maximum absolute atomic E-state index is 12.6. The molecular formula is C29H26N2O5. The van der Waals surface area contributed by atoms with Crippen LogP contribution in [0.3, 0.4) is 0 Å². The topological polar surface area (TPSA) is 102 Å². The molecule has 0 radical (unpaired) electrons. The normalized spacial score (nSPS) is 15.2. The summed E-state index contributed by atoms with van der Waals surface area (Å²) < 4.78 is 11.1. The molecule has 1 aliphatic carbocycles. The van der Waals surface area contributed by atoms with Crippen LogP contribution in [0.1, 0.15) is 47.8 Å². The molecule has 2 N–H and O–H groups in total. The van der Waals surface area contributed by atoms with Gasteiger partial charge in [0, 0.05) is 5.56 Å². The summed E-state index contributed by atoms with van der Waals surface area (Å²) >= 11 is 0. The number of carboxylic acid groups (broad SMARTS) is 1. The van der Waals surface area contributed by atoms with Gasteiger partial charge in [0.05, 0.1) is 5.92 Å². The summed E-state index contributed by atoms with van der Waals surface area (Å²) in [6.07, 6.45) is 0.407. The van der Waals surface area contributed by atoms with Gasteiger partial charge >= 0.3 is 12.1 Å². The van der Waals surface area contributed by atoms with Crippen LogP contribution in [0.5, 0.6) is 0 Å². The zero-order valence-corrected chi connectivity index (χ0v) is 20.0. The summed E-state index contributed by atoms with van der Waals surface area (Å²) in [6, 6.07) is 23.2. The summed E-state index contributed by atoms with van der Waals surface area (Å²) in [5.41, 5.74) is 6.69. The molecular weight excluding hydrogens is 456 g/mol. The number of nitrogens with one attached hydrogen (secondary N) is 1. The van der Waals surface area contributed by atoms with Crippen molar-refractivity contribution in [3.05, 3.63) is 95.2 Å². The number of aliphatic carboxylic acids is 1. The largest absolute Gasteiger partial charge is 0.481 e. The molecule has 0 spiro atoms. The molecule has 0 saturated carbocycles. The number of carbonyl (C=O) groups is 2. The molecule has 0 fully saturated rings. The number of amides is 1. The molecule has 182 valence electrons. The van der Waals surface area contributed by atoms with Crippen LogP contribution in [0.15, 0.2) is 77.3 Å². The minimum absolute atomic E-state index is 0.410. The van der Waals surface area contributed by atoms with Gasteiger partial charge in [-0.25, -0.2) is 4.79 Å². The molecule has 1 aromatic heterocycles. The number of anilines is 1. The molecule has 3 aromatic carbocycles. The summed E-state index contributed by atoms with van der Waals surface area (Å²) in [4.78, 5) is 24.0. The second-order valence-corrected chi connectivity index (χ2v) is 8.98. The van der Waals surface area contributed by atoms with Crippen molar-refractivity contribution in [1.29, 1.82) is 0 Å². The molecule has 1 amide bonds. The van der Waals surface area contributed by atoms with Crippen LogP contribution in [-0.4, -0.2) is 22.3 Å². The van der Waals surface area contributed by atoms with E-state index in [4.69, 9.17) is 9.26 Å². The first kappa shape index (κ1) is 23.4. The highest BCUT2D eigenvalue weighted by molar-refractivity contribution is 5.91.